The summed E-state index contributed by atoms with van der Waals surface area (Å²) in [6, 6.07) is 7.36. The number of aliphatic hydroxyl groups excluding tert-OH is 1. The highest BCUT2D eigenvalue weighted by atomic mass is 19.2. The molecule has 2 aromatic carbocycles. The molecule has 0 heterocycles. The Hall–Kier alpha value is -2.05. The first-order valence-electron chi connectivity index (χ1n) is 10.2. The van der Waals surface area contributed by atoms with Gasteiger partial charge in [0.1, 0.15) is 0 Å². The molecule has 29 heavy (non-hydrogen) atoms. The van der Waals surface area contributed by atoms with E-state index in [2.05, 4.69) is 0 Å². The third-order valence-electron chi connectivity index (χ3n) is 5.71. The largest absolute Gasteiger partial charge is 0.505 e. The lowest BCUT2D eigenvalue weighted by molar-refractivity contribution is 0.0118. The fourth-order valence-corrected chi connectivity index (χ4v) is 3.95. The quantitative estimate of drug-likeness (QED) is 0.601. The van der Waals surface area contributed by atoms with Crippen molar-refractivity contribution in [3.63, 3.8) is 0 Å². The highest BCUT2D eigenvalue weighted by Crippen LogP contribution is 2.36. The smallest absolute Gasteiger partial charge is 0.165 e. The van der Waals surface area contributed by atoms with Crippen LogP contribution in [-0.2, 0) is 11.3 Å². The van der Waals surface area contributed by atoms with Gasteiger partial charge in [0.15, 0.2) is 23.2 Å². The molecule has 0 aliphatic heterocycles. The van der Waals surface area contributed by atoms with Crippen LogP contribution in [0, 0.1) is 17.5 Å². The zero-order valence-electron chi connectivity index (χ0n) is 16.5. The molecule has 2 N–H and O–H groups in total. The van der Waals surface area contributed by atoms with Crippen LogP contribution in [0.1, 0.15) is 74.2 Å². The maximum absolute atomic E-state index is 14.3. The van der Waals surface area contributed by atoms with Gasteiger partial charge in [-0.15, -0.1) is 0 Å². The van der Waals surface area contributed by atoms with Crippen LogP contribution in [0.25, 0.3) is 0 Å². The van der Waals surface area contributed by atoms with Crippen molar-refractivity contribution < 1.29 is 28.1 Å². The van der Waals surface area contributed by atoms with E-state index in [4.69, 9.17) is 4.74 Å². The molecule has 158 valence electrons. The van der Waals surface area contributed by atoms with Crippen molar-refractivity contribution in [2.24, 2.45) is 0 Å². The number of aromatic hydroxyl groups is 1. The van der Waals surface area contributed by atoms with Crippen molar-refractivity contribution in [3.05, 3.63) is 64.5 Å². The molecular weight excluding hydrogens is 381 g/mol. The fraction of sp³-hybridized carbons (Fsp3) is 0.478. The number of ether oxygens (including phenoxy) is 1. The number of rotatable bonds is 7. The lowest BCUT2D eigenvalue weighted by Crippen LogP contribution is -2.21. The van der Waals surface area contributed by atoms with E-state index < -0.39 is 23.6 Å². The van der Waals surface area contributed by atoms with E-state index in [-0.39, 0.29) is 35.5 Å². The van der Waals surface area contributed by atoms with Crippen molar-refractivity contribution >= 4 is 0 Å². The van der Waals surface area contributed by atoms with E-state index >= 15 is 0 Å². The van der Waals surface area contributed by atoms with Crippen molar-refractivity contribution in [1.82, 2.24) is 0 Å². The van der Waals surface area contributed by atoms with E-state index in [1.807, 2.05) is 6.92 Å². The third-order valence-corrected chi connectivity index (χ3v) is 5.71. The summed E-state index contributed by atoms with van der Waals surface area (Å²) in [7, 11) is 0. The molecule has 1 aliphatic rings. The molecular formula is C23H27F3O3. The van der Waals surface area contributed by atoms with Crippen LogP contribution in [0.4, 0.5) is 13.2 Å². The summed E-state index contributed by atoms with van der Waals surface area (Å²) in [5.74, 6) is -2.76. The van der Waals surface area contributed by atoms with E-state index in [9.17, 15) is 23.4 Å². The topological polar surface area (TPSA) is 49.7 Å². The Morgan fingerprint density at radius 1 is 1.03 bits per heavy atom. The number of aliphatic hydroxyl groups is 1. The molecule has 1 fully saturated rings. The summed E-state index contributed by atoms with van der Waals surface area (Å²) in [5.41, 5.74) is 0.973. The Morgan fingerprint density at radius 3 is 2.41 bits per heavy atom. The molecule has 3 nitrogen and oxygen atoms in total. The van der Waals surface area contributed by atoms with Crippen LogP contribution >= 0.6 is 0 Å². The van der Waals surface area contributed by atoms with Gasteiger partial charge >= 0.3 is 0 Å². The second-order valence-electron chi connectivity index (χ2n) is 7.74. The maximum Gasteiger partial charge on any atom is 0.165 e. The molecule has 2 aromatic rings. The number of phenols is 1. The minimum Gasteiger partial charge on any atom is -0.505 e. The standard InChI is InChI=1S/C23H27F3O3/c1-2-3-20(27)18-10-6-16(22(25)23(18)26)13-29-17-8-4-14(5-9-17)15-7-11-21(28)19(24)12-15/h6-7,10-12,14,17,20,27-28H,2-5,8-9,13H2,1H3. The van der Waals surface area contributed by atoms with Gasteiger partial charge in [-0.05, 0) is 55.7 Å². The van der Waals surface area contributed by atoms with Gasteiger partial charge in [0.25, 0.3) is 0 Å². The van der Waals surface area contributed by atoms with Gasteiger partial charge in [-0.1, -0.05) is 31.5 Å². The summed E-state index contributed by atoms with van der Waals surface area (Å²) in [6.45, 7) is 1.84. The van der Waals surface area contributed by atoms with Crippen LogP contribution < -0.4 is 0 Å². The number of benzene rings is 2. The molecule has 0 spiro atoms. The van der Waals surface area contributed by atoms with Crippen molar-refractivity contribution in [3.8, 4) is 5.75 Å². The monoisotopic (exact) mass is 408 g/mol. The minimum absolute atomic E-state index is 0.0188. The molecule has 1 unspecified atom stereocenters. The molecule has 1 atom stereocenters. The predicted molar refractivity (Wildman–Crippen MR) is 104 cm³/mol. The zero-order valence-corrected chi connectivity index (χ0v) is 16.5. The second kappa shape index (κ2) is 9.63. The van der Waals surface area contributed by atoms with E-state index in [0.717, 1.165) is 31.2 Å². The molecule has 0 aromatic heterocycles. The Morgan fingerprint density at radius 2 is 1.76 bits per heavy atom. The fourth-order valence-electron chi connectivity index (χ4n) is 3.95. The predicted octanol–water partition coefficient (Wildman–Crippen LogP) is 5.89. The Bertz CT molecular complexity index is 832. The van der Waals surface area contributed by atoms with Crippen molar-refractivity contribution in [1.29, 1.82) is 0 Å². The highest BCUT2D eigenvalue weighted by molar-refractivity contribution is 5.30. The summed E-state index contributed by atoms with van der Waals surface area (Å²) >= 11 is 0. The van der Waals surface area contributed by atoms with Crippen LogP contribution in [0.3, 0.4) is 0 Å². The van der Waals surface area contributed by atoms with Crippen molar-refractivity contribution in [2.75, 3.05) is 0 Å². The van der Waals surface area contributed by atoms with Crippen LogP contribution in [-0.4, -0.2) is 16.3 Å². The third kappa shape index (κ3) is 5.11. The first kappa shape index (κ1) is 21.7. The molecule has 0 amide bonds. The molecule has 1 aliphatic carbocycles. The number of phenolic OH excluding ortho intramolecular Hbond substituents is 1. The minimum atomic E-state index is -1.01. The SMILES string of the molecule is CCCC(O)c1ccc(COC2CCC(c3ccc(O)c(F)c3)CC2)c(F)c1F. The Balaban J connectivity index is 1.55. The van der Waals surface area contributed by atoms with Crippen LogP contribution in [0.2, 0.25) is 0 Å². The Kier molecular flexibility index (Phi) is 7.19. The number of halogens is 3. The van der Waals surface area contributed by atoms with Gasteiger partial charge < -0.3 is 14.9 Å². The molecule has 0 radical (unpaired) electrons. The van der Waals surface area contributed by atoms with E-state index in [1.54, 1.807) is 6.07 Å². The summed E-state index contributed by atoms with van der Waals surface area (Å²) in [5, 5.41) is 19.2. The lowest BCUT2D eigenvalue weighted by Gasteiger charge is -2.29. The molecule has 6 heteroatoms. The summed E-state index contributed by atoms with van der Waals surface area (Å²) < 4.78 is 48.0. The zero-order chi connectivity index (χ0) is 21.0. The maximum atomic E-state index is 14.3. The van der Waals surface area contributed by atoms with Crippen LogP contribution in [0.5, 0.6) is 5.75 Å². The van der Waals surface area contributed by atoms with Gasteiger partial charge in [0, 0.05) is 11.1 Å². The van der Waals surface area contributed by atoms with E-state index in [1.165, 1.54) is 24.3 Å². The highest BCUT2D eigenvalue weighted by Gasteiger charge is 2.25. The van der Waals surface area contributed by atoms with Gasteiger partial charge in [0.05, 0.1) is 18.8 Å². The average molecular weight is 408 g/mol. The summed E-state index contributed by atoms with van der Waals surface area (Å²) in [4.78, 5) is 0. The number of hydrogen-bond acceptors (Lipinski definition) is 3. The van der Waals surface area contributed by atoms with Gasteiger partial charge in [-0.3, -0.25) is 0 Å². The van der Waals surface area contributed by atoms with Crippen molar-refractivity contribution in [2.45, 2.75) is 70.2 Å². The molecule has 0 saturated heterocycles. The van der Waals surface area contributed by atoms with Gasteiger partial charge in [-0.25, -0.2) is 13.2 Å². The van der Waals surface area contributed by atoms with E-state index in [0.29, 0.717) is 12.8 Å². The lowest BCUT2D eigenvalue weighted by atomic mass is 9.82. The second-order valence-corrected chi connectivity index (χ2v) is 7.74. The molecule has 3 rings (SSSR count). The summed E-state index contributed by atoms with van der Waals surface area (Å²) in [6.07, 6.45) is 3.05. The van der Waals surface area contributed by atoms with Crippen LogP contribution in [0.15, 0.2) is 30.3 Å². The molecule has 1 saturated carbocycles. The van der Waals surface area contributed by atoms with Gasteiger partial charge in [0.2, 0.25) is 0 Å². The Labute approximate surface area is 169 Å². The number of hydrogen-bond donors (Lipinski definition) is 2. The first-order valence-corrected chi connectivity index (χ1v) is 10.2. The first-order chi connectivity index (χ1) is 13.9. The normalized spacial score (nSPS) is 20.6. The average Bonchev–Trinajstić information content (AvgIpc) is 2.72. The molecule has 0 bridgehead atoms. The van der Waals surface area contributed by atoms with Gasteiger partial charge in [-0.2, -0.15) is 0 Å².